The zero-order chi connectivity index (χ0) is 24.9. The number of carbonyl (C=O) groups excluding carboxylic acids is 1. The van der Waals surface area contributed by atoms with E-state index in [0.717, 1.165) is 17.7 Å². The summed E-state index contributed by atoms with van der Waals surface area (Å²) in [5, 5.41) is 10.6. The summed E-state index contributed by atoms with van der Waals surface area (Å²) < 4.78 is 40.0. The monoisotopic (exact) mass is 476 g/mol. The lowest BCUT2D eigenvalue weighted by atomic mass is 9.96. The summed E-state index contributed by atoms with van der Waals surface area (Å²) in [5.74, 6) is -2.05. The number of hydrogen-bond donors (Lipinski definition) is 3. The van der Waals surface area contributed by atoms with Gasteiger partial charge in [-0.25, -0.2) is 13.8 Å². The van der Waals surface area contributed by atoms with Crippen molar-refractivity contribution in [2.24, 2.45) is 0 Å². The fourth-order valence-corrected chi connectivity index (χ4v) is 3.77. The Labute approximate surface area is 199 Å². The SMILES string of the molecule is C=CC(CC=N)c1c[nH]c2nccc(Oc3ccc(NC(=O)c4c(F)cccc4OC)cc3F)c12. The maximum atomic E-state index is 14.9. The second-order valence-electron chi connectivity index (χ2n) is 7.58. The summed E-state index contributed by atoms with van der Waals surface area (Å²) in [4.78, 5) is 19.9. The fourth-order valence-electron chi connectivity index (χ4n) is 3.77. The summed E-state index contributed by atoms with van der Waals surface area (Å²) >= 11 is 0. The average Bonchev–Trinajstić information content (AvgIpc) is 3.28. The molecule has 0 aliphatic carbocycles. The lowest BCUT2D eigenvalue weighted by Gasteiger charge is -2.13. The second-order valence-corrected chi connectivity index (χ2v) is 7.58. The molecule has 0 spiro atoms. The standard InChI is InChI=1S/C26H22F2N4O3/c1-3-15(9-11-29)17-14-31-25-23(17)22(10-12-30-25)35-20-8-7-16(13-19(20)28)32-26(33)24-18(27)5-4-6-21(24)34-2/h3-8,10-15,29H,1,9H2,2H3,(H,30,31)(H,32,33). The molecule has 0 fully saturated rings. The number of aromatic nitrogens is 2. The van der Waals surface area contributed by atoms with E-state index in [-0.39, 0.29) is 28.7 Å². The molecule has 4 aromatic rings. The molecule has 3 N–H and O–H groups in total. The fraction of sp³-hybridized carbons (Fsp3) is 0.115. The normalized spacial score (nSPS) is 11.6. The van der Waals surface area contributed by atoms with Crippen molar-refractivity contribution in [2.75, 3.05) is 12.4 Å². The number of rotatable bonds is 9. The van der Waals surface area contributed by atoms with Crippen molar-refractivity contribution < 1.29 is 23.0 Å². The van der Waals surface area contributed by atoms with Gasteiger partial charge in [0, 0.05) is 30.1 Å². The van der Waals surface area contributed by atoms with Crippen LogP contribution in [-0.4, -0.2) is 29.2 Å². The molecule has 0 aliphatic heterocycles. The third-order valence-electron chi connectivity index (χ3n) is 5.45. The number of anilines is 1. The van der Waals surface area contributed by atoms with Gasteiger partial charge < -0.3 is 25.2 Å². The van der Waals surface area contributed by atoms with E-state index in [0.29, 0.717) is 23.2 Å². The number of ether oxygens (including phenoxy) is 2. The molecule has 1 unspecified atom stereocenters. The van der Waals surface area contributed by atoms with E-state index in [4.69, 9.17) is 14.9 Å². The quantitative estimate of drug-likeness (QED) is 0.198. The Morgan fingerprint density at radius 2 is 2.03 bits per heavy atom. The summed E-state index contributed by atoms with van der Waals surface area (Å²) in [5.41, 5.74) is 1.21. The summed E-state index contributed by atoms with van der Waals surface area (Å²) in [6.45, 7) is 3.84. The van der Waals surface area contributed by atoms with Gasteiger partial charge in [-0.1, -0.05) is 12.1 Å². The minimum Gasteiger partial charge on any atom is -0.496 e. The van der Waals surface area contributed by atoms with Crippen LogP contribution in [0.25, 0.3) is 11.0 Å². The molecule has 9 heteroatoms. The predicted octanol–water partition coefficient (Wildman–Crippen LogP) is 6.20. The first kappa shape index (κ1) is 23.6. The van der Waals surface area contributed by atoms with Gasteiger partial charge in [-0.05, 0) is 48.5 Å². The molecule has 0 aliphatic rings. The predicted molar refractivity (Wildman–Crippen MR) is 130 cm³/mol. The van der Waals surface area contributed by atoms with Crippen molar-refractivity contribution in [1.29, 1.82) is 5.41 Å². The van der Waals surface area contributed by atoms with Gasteiger partial charge in [0.1, 0.15) is 28.5 Å². The molecule has 2 aromatic heterocycles. The van der Waals surface area contributed by atoms with Crippen LogP contribution >= 0.6 is 0 Å². The highest BCUT2D eigenvalue weighted by Crippen LogP contribution is 2.37. The zero-order valence-corrected chi connectivity index (χ0v) is 18.8. The van der Waals surface area contributed by atoms with Gasteiger partial charge in [0.05, 0.1) is 12.5 Å². The number of amides is 1. The van der Waals surface area contributed by atoms with Crippen LogP contribution in [0.4, 0.5) is 14.5 Å². The van der Waals surface area contributed by atoms with Crippen LogP contribution in [0.3, 0.4) is 0 Å². The largest absolute Gasteiger partial charge is 0.496 e. The number of methoxy groups -OCH3 is 1. The number of nitrogens with zero attached hydrogens (tertiary/aromatic N) is 1. The van der Waals surface area contributed by atoms with E-state index in [1.54, 1.807) is 18.3 Å². The summed E-state index contributed by atoms with van der Waals surface area (Å²) in [6.07, 6.45) is 6.77. The number of hydrogen-bond acceptors (Lipinski definition) is 5. The van der Waals surface area contributed by atoms with Crippen molar-refractivity contribution in [1.82, 2.24) is 9.97 Å². The van der Waals surface area contributed by atoms with Crippen molar-refractivity contribution >= 4 is 28.8 Å². The smallest absolute Gasteiger partial charge is 0.262 e. The molecular weight excluding hydrogens is 454 g/mol. The topological polar surface area (TPSA) is 100 Å². The molecule has 2 heterocycles. The molecule has 0 bridgehead atoms. The number of aromatic amines is 1. The number of pyridine rings is 1. The number of H-pyrrole nitrogens is 1. The molecule has 1 atom stereocenters. The molecule has 0 radical (unpaired) electrons. The van der Waals surface area contributed by atoms with E-state index in [1.807, 2.05) is 0 Å². The van der Waals surface area contributed by atoms with Gasteiger partial charge in [-0.2, -0.15) is 0 Å². The highest BCUT2D eigenvalue weighted by molar-refractivity contribution is 6.06. The van der Waals surface area contributed by atoms with E-state index in [2.05, 4.69) is 21.9 Å². The Balaban J connectivity index is 1.61. The second kappa shape index (κ2) is 10.2. The van der Waals surface area contributed by atoms with Crippen LogP contribution in [0.15, 0.2) is 67.5 Å². The molecular formula is C26H22F2N4O3. The van der Waals surface area contributed by atoms with E-state index >= 15 is 0 Å². The number of allylic oxidation sites excluding steroid dienone is 1. The van der Waals surface area contributed by atoms with E-state index in [1.165, 1.54) is 43.8 Å². The third kappa shape index (κ3) is 4.74. The van der Waals surface area contributed by atoms with Gasteiger partial charge in [0.15, 0.2) is 11.6 Å². The van der Waals surface area contributed by atoms with Gasteiger partial charge >= 0.3 is 0 Å². The Morgan fingerprint density at radius 1 is 1.20 bits per heavy atom. The molecule has 0 saturated carbocycles. The van der Waals surface area contributed by atoms with Crippen LogP contribution in [0.2, 0.25) is 0 Å². The molecule has 178 valence electrons. The minimum absolute atomic E-state index is 0.0628. The van der Waals surface area contributed by atoms with Gasteiger partial charge in [-0.15, -0.1) is 6.58 Å². The van der Waals surface area contributed by atoms with Crippen molar-refractivity contribution in [3.8, 4) is 17.2 Å². The van der Waals surface area contributed by atoms with Gasteiger partial charge in [0.25, 0.3) is 5.91 Å². The number of nitrogens with one attached hydrogen (secondary N) is 3. The van der Waals surface area contributed by atoms with E-state index < -0.39 is 17.5 Å². The number of halogens is 2. The summed E-state index contributed by atoms with van der Waals surface area (Å²) in [7, 11) is 1.33. The zero-order valence-electron chi connectivity index (χ0n) is 18.8. The first-order valence-corrected chi connectivity index (χ1v) is 10.7. The first-order valence-electron chi connectivity index (χ1n) is 10.7. The average molecular weight is 476 g/mol. The lowest BCUT2D eigenvalue weighted by molar-refractivity contribution is 0.102. The van der Waals surface area contributed by atoms with Gasteiger partial charge in [-0.3, -0.25) is 4.79 Å². The van der Waals surface area contributed by atoms with Crippen molar-refractivity contribution in [2.45, 2.75) is 12.3 Å². The highest BCUT2D eigenvalue weighted by atomic mass is 19.1. The first-order chi connectivity index (χ1) is 17.0. The molecule has 35 heavy (non-hydrogen) atoms. The molecule has 0 saturated heterocycles. The Hall–Kier alpha value is -4.53. The lowest BCUT2D eigenvalue weighted by Crippen LogP contribution is -2.15. The highest BCUT2D eigenvalue weighted by Gasteiger charge is 2.20. The van der Waals surface area contributed by atoms with Crippen LogP contribution in [0, 0.1) is 17.0 Å². The minimum atomic E-state index is -0.775. The molecule has 4 rings (SSSR count). The number of carbonyl (C=O) groups is 1. The Morgan fingerprint density at radius 3 is 2.74 bits per heavy atom. The number of fused-ring (bicyclic) bond motifs is 1. The van der Waals surface area contributed by atoms with Crippen LogP contribution in [-0.2, 0) is 0 Å². The molecule has 2 aromatic carbocycles. The summed E-state index contributed by atoms with van der Waals surface area (Å²) in [6, 6.07) is 9.53. The molecule has 1 amide bonds. The van der Waals surface area contributed by atoms with Crippen LogP contribution < -0.4 is 14.8 Å². The van der Waals surface area contributed by atoms with Crippen molar-refractivity contribution in [3.63, 3.8) is 0 Å². The van der Waals surface area contributed by atoms with Crippen LogP contribution in [0.1, 0.15) is 28.3 Å². The van der Waals surface area contributed by atoms with Crippen LogP contribution in [0.5, 0.6) is 17.2 Å². The van der Waals surface area contributed by atoms with Crippen molar-refractivity contribution in [3.05, 3.63) is 90.3 Å². The van der Waals surface area contributed by atoms with Gasteiger partial charge in [0.2, 0.25) is 0 Å². The Bertz CT molecular complexity index is 1420. The van der Waals surface area contributed by atoms with E-state index in [9.17, 15) is 13.6 Å². The Kier molecular flexibility index (Phi) is 6.86. The maximum Gasteiger partial charge on any atom is 0.262 e. The number of benzene rings is 2. The third-order valence-corrected chi connectivity index (χ3v) is 5.45. The maximum absolute atomic E-state index is 14.9. The molecule has 7 nitrogen and oxygen atoms in total.